The molecule has 21 heavy (non-hydrogen) atoms. The zero-order chi connectivity index (χ0) is 15.9. The second kappa shape index (κ2) is 8.79. The Hall–Kier alpha value is -0.550. The van der Waals surface area contributed by atoms with Crippen molar-refractivity contribution in [1.82, 2.24) is 0 Å². The lowest BCUT2D eigenvalue weighted by Crippen LogP contribution is -2.13. The van der Waals surface area contributed by atoms with Crippen LogP contribution in [0.2, 0.25) is 0 Å². The van der Waals surface area contributed by atoms with Gasteiger partial charge >= 0.3 is 6.18 Å². The molecular weight excluding hydrogens is 343 g/mol. The third kappa shape index (κ3) is 6.39. The average molecular weight is 366 g/mol. The van der Waals surface area contributed by atoms with Gasteiger partial charge in [0.1, 0.15) is 0 Å². The fourth-order valence-corrected chi connectivity index (χ4v) is 2.77. The molecule has 0 fully saturated rings. The molecule has 0 aliphatic rings. The molecule has 1 rings (SSSR count). The molecule has 1 atom stereocenters. The van der Waals surface area contributed by atoms with Crippen LogP contribution in [0.1, 0.15) is 69.0 Å². The van der Waals surface area contributed by atoms with Crippen molar-refractivity contribution >= 4 is 15.9 Å². The van der Waals surface area contributed by atoms with Crippen molar-refractivity contribution in [3.05, 3.63) is 33.8 Å². The first-order valence-electron chi connectivity index (χ1n) is 7.48. The van der Waals surface area contributed by atoms with Gasteiger partial charge in [-0.15, -0.1) is 0 Å². The Bertz CT molecular complexity index is 432. The van der Waals surface area contributed by atoms with E-state index in [1.54, 1.807) is 6.07 Å². The van der Waals surface area contributed by atoms with E-state index in [1.165, 1.54) is 31.7 Å². The predicted octanol–water partition coefficient (Wildman–Crippen LogP) is 6.22. The predicted molar refractivity (Wildman–Crippen MR) is 84.1 cm³/mol. The molecule has 0 aliphatic carbocycles. The van der Waals surface area contributed by atoms with Gasteiger partial charge in [-0.05, 0) is 24.1 Å². The summed E-state index contributed by atoms with van der Waals surface area (Å²) < 4.78 is 38.6. The van der Waals surface area contributed by atoms with Gasteiger partial charge in [-0.25, -0.2) is 0 Å². The van der Waals surface area contributed by atoms with Gasteiger partial charge in [-0.3, -0.25) is 0 Å². The van der Waals surface area contributed by atoms with Gasteiger partial charge in [0, 0.05) is 10.5 Å². The number of benzene rings is 1. The molecular formula is C16H23BrF3N. The first-order valence-corrected chi connectivity index (χ1v) is 8.27. The van der Waals surface area contributed by atoms with E-state index in [9.17, 15) is 13.2 Å². The fraction of sp³-hybridized carbons (Fsp3) is 0.625. The number of unbranched alkanes of at least 4 members (excludes halogenated alkanes) is 5. The number of alkyl halides is 3. The SMILES string of the molecule is CCCCCCCCC(N)c1ccc(Br)c(C(F)(F)F)c1. The Morgan fingerprint density at radius 2 is 1.71 bits per heavy atom. The molecule has 0 bridgehead atoms. The molecule has 120 valence electrons. The van der Waals surface area contributed by atoms with Crippen molar-refractivity contribution in [3.8, 4) is 0 Å². The third-order valence-electron chi connectivity index (χ3n) is 3.59. The van der Waals surface area contributed by atoms with Crippen LogP contribution in [0.5, 0.6) is 0 Å². The molecule has 0 heterocycles. The number of nitrogens with two attached hydrogens (primary N) is 1. The van der Waals surface area contributed by atoms with Crippen LogP contribution in [0.15, 0.2) is 22.7 Å². The highest BCUT2D eigenvalue weighted by atomic mass is 79.9. The molecule has 1 unspecified atom stereocenters. The smallest absolute Gasteiger partial charge is 0.324 e. The molecule has 0 aliphatic heterocycles. The van der Waals surface area contributed by atoms with Crippen LogP contribution in [0, 0.1) is 0 Å². The first kappa shape index (κ1) is 18.5. The summed E-state index contributed by atoms with van der Waals surface area (Å²) in [7, 11) is 0. The monoisotopic (exact) mass is 365 g/mol. The standard InChI is InChI=1S/C16H23BrF3N/c1-2-3-4-5-6-7-8-15(21)12-9-10-14(17)13(11-12)16(18,19)20/h9-11,15H,2-8,21H2,1H3. The Morgan fingerprint density at radius 1 is 1.10 bits per heavy atom. The van der Waals surface area contributed by atoms with Crippen LogP contribution >= 0.6 is 15.9 Å². The molecule has 2 N–H and O–H groups in total. The van der Waals surface area contributed by atoms with Crippen molar-refractivity contribution in [2.75, 3.05) is 0 Å². The quantitative estimate of drug-likeness (QED) is 0.543. The van der Waals surface area contributed by atoms with E-state index >= 15 is 0 Å². The number of halogens is 4. The second-order valence-electron chi connectivity index (χ2n) is 5.40. The Kier molecular flexibility index (Phi) is 7.74. The molecule has 1 aromatic rings. The van der Waals surface area contributed by atoms with Gasteiger partial charge in [0.2, 0.25) is 0 Å². The molecule has 0 saturated heterocycles. The van der Waals surface area contributed by atoms with Crippen LogP contribution in [-0.4, -0.2) is 0 Å². The first-order chi connectivity index (χ1) is 9.86. The summed E-state index contributed by atoms with van der Waals surface area (Å²) in [6.45, 7) is 2.17. The summed E-state index contributed by atoms with van der Waals surface area (Å²) in [5, 5.41) is 0. The zero-order valence-electron chi connectivity index (χ0n) is 12.3. The Balaban J connectivity index is 2.53. The van der Waals surface area contributed by atoms with Crippen LogP contribution in [0.25, 0.3) is 0 Å². The highest BCUT2D eigenvalue weighted by molar-refractivity contribution is 9.10. The number of rotatable bonds is 8. The lowest BCUT2D eigenvalue weighted by Gasteiger charge is -2.16. The highest BCUT2D eigenvalue weighted by Crippen LogP contribution is 2.36. The van der Waals surface area contributed by atoms with Gasteiger partial charge in [-0.2, -0.15) is 13.2 Å². The van der Waals surface area contributed by atoms with E-state index in [1.807, 2.05) is 0 Å². The molecule has 1 aromatic carbocycles. The van der Waals surface area contributed by atoms with E-state index in [-0.39, 0.29) is 10.5 Å². The van der Waals surface area contributed by atoms with E-state index in [4.69, 9.17) is 5.73 Å². The normalized spacial score (nSPS) is 13.4. The van der Waals surface area contributed by atoms with Crippen molar-refractivity contribution < 1.29 is 13.2 Å². The van der Waals surface area contributed by atoms with Gasteiger partial charge in [0.15, 0.2) is 0 Å². The molecule has 5 heteroatoms. The average Bonchev–Trinajstić information content (AvgIpc) is 2.41. The lowest BCUT2D eigenvalue weighted by molar-refractivity contribution is -0.138. The minimum absolute atomic E-state index is 0.0607. The Morgan fingerprint density at radius 3 is 2.33 bits per heavy atom. The molecule has 0 radical (unpaired) electrons. The number of hydrogen-bond donors (Lipinski definition) is 1. The minimum Gasteiger partial charge on any atom is -0.324 e. The van der Waals surface area contributed by atoms with Crippen LogP contribution in [0.3, 0.4) is 0 Å². The molecule has 0 spiro atoms. The third-order valence-corrected chi connectivity index (χ3v) is 4.28. The summed E-state index contributed by atoms with van der Waals surface area (Å²) in [6.07, 6.45) is 3.28. The van der Waals surface area contributed by atoms with E-state index in [0.717, 1.165) is 25.3 Å². The highest BCUT2D eigenvalue weighted by Gasteiger charge is 2.33. The van der Waals surface area contributed by atoms with Gasteiger partial charge in [0.05, 0.1) is 5.56 Å². The summed E-state index contributed by atoms with van der Waals surface area (Å²) in [5.74, 6) is 0. The van der Waals surface area contributed by atoms with Gasteiger partial charge in [-0.1, -0.05) is 67.4 Å². The maximum atomic E-state index is 12.8. The van der Waals surface area contributed by atoms with Crippen molar-refractivity contribution in [2.45, 2.75) is 64.1 Å². The topological polar surface area (TPSA) is 26.0 Å². The summed E-state index contributed by atoms with van der Waals surface area (Å²) in [4.78, 5) is 0. The lowest BCUT2D eigenvalue weighted by atomic mass is 9.98. The van der Waals surface area contributed by atoms with Crippen LogP contribution in [0.4, 0.5) is 13.2 Å². The van der Waals surface area contributed by atoms with Crippen LogP contribution in [-0.2, 0) is 6.18 Å². The maximum absolute atomic E-state index is 12.8. The Labute approximate surface area is 133 Å². The fourth-order valence-electron chi connectivity index (χ4n) is 2.30. The van der Waals surface area contributed by atoms with Crippen molar-refractivity contribution in [3.63, 3.8) is 0 Å². The molecule has 1 nitrogen and oxygen atoms in total. The van der Waals surface area contributed by atoms with E-state index in [0.29, 0.717) is 5.56 Å². The van der Waals surface area contributed by atoms with Crippen molar-refractivity contribution in [2.24, 2.45) is 5.73 Å². The second-order valence-corrected chi connectivity index (χ2v) is 6.25. The molecule has 0 saturated carbocycles. The van der Waals surface area contributed by atoms with Crippen molar-refractivity contribution in [1.29, 1.82) is 0 Å². The van der Waals surface area contributed by atoms with Gasteiger partial charge in [0.25, 0.3) is 0 Å². The van der Waals surface area contributed by atoms with E-state index in [2.05, 4.69) is 22.9 Å². The van der Waals surface area contributed by atoms with Gasteiger partial charge < -0.3 is 5.73 Å². The number of hydrogen-bond acceptors (Lipinski definition) is 1. The largest absolute Gasteiger partial charge is 0.417 e. The maximum Gasteiger partial charge on any atom is 0.417 e. The minimum atomic E-state index is -4.35. The zero-order valence-corrected chi connectivity index (χ0v) is 13.9. The summed E-state index contributed by atoms with van der Waals surface area (Å²) >= 11 is 2.94. The van der Waals surface area contributed by atoms with Crippen LogP contribution < -0.4 is 5.73 Å². The summed E-state index contributed by atoms with van der Waals surface area (Å²) in [6, 6.07) is 3.93. The summed E-state index contributed by atoms with van der Waals surface area (Å²) in [5.41, 5.74) is 5.92. The molecule has 0 amide bonds. The van der Waals surface area contributed by atoms with E-state index < -0.39 is 11.7 Å². The molecule has 0 aromatic heterocycles.